The summed E-state index contributed by atoms with van der Waals surface area (Å²) in [5.74, 6) is -6.42. The van der Waals surface area contributed by atoms with E-state index in [0.29, 0.717) is 6.54 Å². The first-order valence-corrected chi connectivity index (χ1v) is 10.4. The average molecular weight is 558 g/mol. The van der Waals surface area contributed by atoms with Crippen LogP contribution in [-0.4, -0.2) is 79.6 Å². The third-order valence-electron chi connectivity index (χ3n) is 4.88. The number of carboxylic acid groups (broad SMARTS) is 1. The van der Waals surface area contributed by atoms with Crippen LogP contribution in [0, 0.1) is 0 Å². The van der Waals surface area contributed by atoms with E-state index in [1.807, 2.05) is 0 Å². The van der Waals surface area contributed by atoms with E-state index in [1.165, 1.54) is 28.7 Å². The van der Waals surface area contributed by atoms with Crippen LogP contribution >= 0.6 is 0 Å². The first kappa shape index (κ1) is 28.5. The van der Waals surface area contributed by atoms with Crippen LogP contribution in [0.3, 0.4) is 0 Å². The van der Waals surface area contributed by atoms with Crippen molar-refractivity contribution in [2.24, 2.45) is 7.05 Å². The Labute approximate surface area is 207 Å². The van der Waals surface area contributed by atoms with Crippen molar-refractivity contribution in [2.75, 3.05) is 36.4 Å². The number of nitrogens with one attached hydrogen (secondary N) is 2. The second-order valence-electron chi connectivity index (χ2n) is 7.89. The predicted molar refractivity (Wildman–Crippen MR) is 113 cm³/mol. The van der Waals surface area contributed by atoms with Crippen LogP contribution < -0.4 is 15.5 Å². The summed E-state index contributed by atoms with van der Waals surface area (Å²) in [6.45, 7) is -0.447. The van der Waals surface area contributed by atoms with Gasteiger partial charge >= 0.3 is 18.3 Å². The summed E-state index contributed by atoms with van der Waals surface area (Å²) >= 11 is 0. The van der Waals surface area contributed by atoms with Crippen LogP contribution in [0.15, 0.2) is 24.7 Å². The summed E-state index contributed by atoms with van der Waals surface area (Å²) in [4.78, 5) is 27.2. The maximum absolute atomic E-state index is 13.9. The van der Waals surface area contributed by atoms with Gasteiger partial charge in [0.05, 0.1) is 25.0 Å². The van der Waals surface area contributed by atoms with Crippen molar-refractivity contribution in [3.63, 3.8) is 0 Å². The minimum absolute atomic E-state index is 0.0213. The second kappa shape index (κ2) is 10.4. The molecule has 4 heterocycles. The molecule has 0 unspecified atom stereocenters. The molecule has 0 aromatic carbocycles. The first-order chi connectivity index (χ1) is 17.5. The zero-order valence-electron chi connectivity index (χ0n) is 19.1. The zero-order valence-corrected chi connectivity index (χ0v) is 19.1. The lowest BCUT2D eigenvalue weighted by Crippen LogP contribution is -2.38. The molecular formula is C19H18F8N8O3. The Bertz CT molecular complexity index is 1320. The summed E-state index contributed by atoms with van der Waals surface area (Å²) in [6, 6.07) is 1.48. The van der Waals surface area contributed by atoms with Crippen molar-refractivity contribution in [3.8, 4) is 0 Å². The Balaban J connectivity index is 0.000000505. The summed E-state index contributed by atoms with van der Waals surface area (Å²) in [5.41, 5.74) is -1.85. The SMILES string of the molecule is Cn1cc(NC(=O)c2cnn3ccc(N4CCNCC(F)(F)C4)nc23)c(C(F)(F)F)n1.O=C(O)C(F)(F)F. The van der Waals surface area contributed by atoms with Crippen LogP contribution in [0.2, 0.25) is 0 Å². The summed E-state index contributed by atoms with van der Waals surface area (Å²) < 4.78 is 101. The van der Waals surface area contributed by atoms with Crippen LogP contribution in [0.4, 0.5) is 46.6 Å². The number of fused-ring (bicyclic) bond motifs is 1. The van der Waals surface area contributed by atoms with Gasteiger partial charge in [-0.25, -0.2) is 23.1 Å². The van der Waals surface area contributed by atoms with Crippen LogP contribution in [-0.2, 0) is 18.0 Å². The minimum atomic E-state index is -5.08. The Hall–Kier alpha value is -4.03. The largest absolute Gasteiger partial charge is 0.490 e. The molecule has 11 nitrogen and oxygen atoms in total. The number of carbonyl (C=O) groups excluding carboxylic acids is 1. The summed E-state index contributed by atoms with van der Waals surface area (Å²) in [7, 11) is 1.29. The van der Waals surface area contributed by atoms with Gasteiger partial charge in [-0.1, -0.05) is 0 Å². The molecule has 19 heteroatoms. The standard InChI is InChI=1S/C17H17F5N8O.C2HF3O2/c1-28-7-11(13(27-28)17(20,21)22)25-15(31)10-6-24-30-4-2-12(26-14(10)30)29-5-3-23-8-16(18,19)9-29;3-2(4,5)1(6)7/h2,4,6-7,23H,3,5,8-9H2,1H3,(H,25,31);(H,6,7). The topological polar surface area (TPSA) is 130 Å². The van der Waals surface area contributed by atoms with Gasteiger partial charge in [-0.2, -0.15) is 36.5 Å². The van der Waals surface area contributed by atoms with Gasteiger partial charge in [0.25, 0.3) is 11.8 Å². The first-order valence-electron chi connectivity index (χ1n) is 10.4. The van der Waals surface area contributed by atoms with Gasteiger partial charge < -0.3 is 20.6 Å². The maximum Gasteiger partial charge on any atom is 0.490 e. The van der Waals surface area contributed by atoms with Gasteiger partial charge in [0, 0.05) is 32.5 Å². The summed E-state index contributed by atoms with van der Waals surface area (Å²) in [6.07, 6.45) is -6.24. The number of amides is 1. The van der Waals surface area contributed by atoms with Crippen molar-refractivity contribution >= 4 is 29.0 Å². The molecule has 1 fully saturated rings. The third kappa shape index (κ3) is 6.84. The van der Waals surface area contributed by atoms with E-state index in [0.717, 1.165) is 17.1 Å². The Morgan fingerprint density at radius 3 is 2.45 bits per heavy atom. The molecule has 3 N–H and O–H groups in total. The summed E-state index contributed by atoms with van der Waals surface area (Å²) in [5, 5.41) is 19.2. The van der Waals surface area contributed by atoms with Crippen molar-refractivity contribution in [1.82, 2.24) is 29.7 Å². The van der Waals surface area contributed by atoms with Crippen LogP contribution in [0.25, 0.3) is 5.65 Å². The average Bonchev–Trinajstić information content (AvgIpc) is 3.32. The number of carboxylic acids is 1. The molecule has 3 aromatic rings. The molecule has 0 atom stereocenters. The molecule has 38 heavy (non-hydrogen) atoms. The van der Waals surface area contributed by atoms with E-state index in [4.69, 9.17) is 9.90 Å². The molecule has 0 aliphatic carbocycles. The van der Waals surface area contributed by atoms with Crippen LogP contribution in [0.1, 0.15) is 16.1 Å². The molecule has 3 aromatic heterocycles. The van der Waals surface area contributed by atoms with Crippen molar-refractivity contribution < 1.29 is 49.8 Å². The smallest absolute Gasteiger partial charge is 0.475 e. The number of aryl methyl sites for hydroxylation is 1. The molecule has 0 bridgehead atoms. The van der Waals surface area contributed by atoms with Crippen LogP contribution in [0.5, 0.6) is 0 Å². The number of halogens is 8. The molecule has 1 saturated heterocycles. The molecule has 1 amide bonds. The number of alkyl halides is 8. The molecule has 1 aliphatic heterocycles. The molecule has 1 aliphatic rings. The van der Waals surface area contributed by atoms with Gasteiger partial charge in [0.2, 0.25) is 0 Å². The highest BCUT2D eigenvalue weighted by atomic mass is 19.4. The zero-order chi connectivity index (χ0) is 28.5. The molecular weight excluding hydrogens is 540 g/mol. The van der Waals surface area contributed by atoms with E-state index in [1.54, 1.807) is 0 Å². The minimum Gasteiger partial charge on any atom is -0.475 e. The van der Waals surface area contributed by atoms with Gasteiger partial charge in [-0.05, 0) is 6.07 Å². The van der Waals surface area contributed by atoms with Crippen molar-refractivity contribution in [1.29, 1.82) is 0 Å². The third-order valence-corrected chi connectivity index (χ3v) is 4.88. The van der Waals surface area contributed by atoms with E-state index in [2.05, 4.69) is 25.8 Å². The fourth-order valence-corrected chi connectivity index (χ4v) is 3.27. The van der Waals surface area contributed by atoms with E-state index < -0.39 is 54.6 Å². The molecule has 4 rings (SSSR count). The quantitative estimate of drug-likeness (QED) is 0.418. The molecule has 0 radical (unpaired) electrons. The maximum atomic E-state index is 13.9. The number of aromatic nitrogens is 5. The Kier molecular flexibility index (Phi) is 7.80. The molecule has 208 valence electrons. The number of hydrogen-bond donors (Lipinski definition) is 3. The highest BCUT2D eigenvalue weighted by Gasteiger charge is 2.39. The lowest BCUT2D eigenvalue weighted by Gasteiger charge is -2.24. The van der Waals surface area contributed by atoms with Gasteiger partial charge in [-0.15, -0.1) is 0 Å². The highest BCUT2D eigenvalue weighted by molar-refractivity contribution is 6.08. The van der Waals surface area contributed by atoms with E-state index >= 15 is 0 Å². The highest BCUT2D eigenvalue weighted by Crippen LogP contribution is 2.33. The Morgan fingerprint density at radius 1 is 1.18 bits per heavy atom. The number of aliphatic carboxylic acids is 1. The lowest BCUT2D eigenvalue weighted by molar-refractivity contribution is -0.192. The monoisotopic (exact) mass is 558 g/mol. The number of rotatable bonds is 3. The lowest BCUT2D eigenvalue weighted by atomic mass is 10.3. The number of nitrogens with zero attached hydrogens (tertiary/aromatic N) is 6. The fraction of sp³-hybridized carbons (Fsp3) is 0.421. The molecule has 0 spiro atoms. The van der Waals surface area contributed by atoms with Crippen molar-refractivity contribution in [2.45, 2.75) is 18.3 Å². The fourth-order valence-electron chi connectivity index (χ4n) is 3.27. The number of hydrogen-bond acceptors (Lipinski definition) is 7. The van der Waals surface area contributed by atoms with Gasteiger partial charge in [0.1, 0.15) is 11.4 Å². The number of carbonyl (C=O) groups is 2. The Morgan fingerprint density at radius 2 is 1.84 bits per heavy atom. The predicted octanol–water partition coefficient (Wildman–Crippen LogP) is 2.41. The normalized spacial score (nSPS) is 16.0. The second-order valence-corrected chi connectivity index (χ2v) is 7.89. The molecule has 0 saturated carbocycles. The number of anilines is 2. The van der Waals surface area contributed by atoms with E-state index in [9.17, 15) is 39.9 Å². The van der Waals surface area contributed by atoms with E-state index in [-0.39, 0.29) is 23.6 Å². The van der Waals surface area contributed by atoms with Gasteiger partial charge in [0.15, 0.2) is 11.3 Å². The van der Waals surface area contributed by atoms with Crippen molar-refractivity contribution in [3.05, 3.63) is 35.9 Å². The van der Waals surface area contributed by atoms with Gasteiger partial charge in [-0.3, -0.25) is 9.48 Å².